The molecule has 2 aromatic heterocycles. The molecular formula is C13H18N4O. The molecule has 96 valence electrons. The summed E-state index contributed by atoms with van der Waals surface area (Å²) in [4.78, 5) is 4.29. The van der Waals surface area contributed by atoms with E-state index in [1.165, 1.54) is 0 Å². The van der Waals surface area contributed by atoms with E-state index in [2.05, 4.69) is 15.4 Å². The minimum absolute atomic E-state index is 0.722. The zero-order chi connectivity index (χ0) is 13.1. The van der Waals surface area contributed by atoms with Crippen LogP contribution >= 0.6 is 0 Å². The van der Waals surface area contributed by atoms with Gasteiger partial charge in [0, 0.05) is 43.2 Å². The van der Waals surface area contributed by atoms with Crippen LogP contribution in [-0.2, 0) is 13.6 Å². The van der Waals surface area contributed by atoms with Gasteiger partial charge in [-0.2, -0.15) is 5.10 Å². The number of pyridine rings is 1. The fraction of sp³-hybridized carbons (Fsp3) is 0.385. The maximum atomic E-state index is 5.91. The van der Waals surface area contributed by atoms with Gasteiger partial charge in [-0.05, 0) is 20.9 Å². The molecule has 2 heterocycles. The summed E-state index contributed by atoms with van der Waals surface area (Å²) < 4.78 is 7.65. The van der Waals surface area contributed by atoms with E-state index in [-0.39, 0.29) is 0 Å². The van der Waals surface area contributed by atoms with E-state index in [0.717, 1.165) is 35.1 Å². The Hall–Kier alpha value is -1.88. The Balaban J connectivity index is 2.32. The molecule has 0 aliphatic carbocycles. The van der Waals surface area contributed by atoms with Crippen LogP contribution in [0.4, 0.5) is 0 Å². The Bertz CT molecular complexity index is 548. The average Bonchev–Trinajstić information content (AvgIpc) is 2.61. The second kappa shape index (κ2) is 5.18. The second-order valence-electron chi connectivity index (χ2n) is 4.31. The number of ether oxygens (including phenoxy) is 1. The SMILES string of the molecule is CNCc1cnc(C)cc1Oc1cc(C)nn1C. The Morgan fingerprint density at radius 3 is 2.67 bits per heavy atom. The molecule has 0 fully saturated rings. The third kappa shape index (κ3) is 2.68. The lowest BCUT2D eigenvalue weighted by molar-refractivity contribution is 0.424. The van der Waals surface area contributed by atoms with Crippen molar-refractivity contribution < 1.29 is 4.74 Å². The van der Waals surface area contributed by atoms with Crippen LogP contribution < -0.4 is 10.1 Å². The maximum absolute atomic E-state index is 5.91. The van der Waals surface area contributed by atoms with Crippen LogP contribution in [0.5, 0.6) is 11.6 Å². The molecule has 0 aromatic carbocycles. The number of nitrogens with one attached hydrogen (secondary N) is 1. The summed E-state index contributed by atoms with van der Waals surface area (Å²) in [5, 5.41) is 7.37. The fourth-order valence-electron chi connectivity index (χ4n) is 1.78. The standard InChI is InChI=1S/C13H18N4O/c1-9-5-12(11(7-14-3)8-15-9)18-13-6-10(2)16-17(13)4/h5-6,8,14H,7H2,1-4H3. The molecule has 0 radical (unpaired) electrons. The lowest BCUT2D eigenvalue weighted by Gasteiger charge is -2.11. The van der Waals surface area contributed by atoms with Crippen molar-refractivity contribution in [3.05, 3.63) is 35.3 Å². The van der Waals surface area contributed by atoms with E-state index in [4.69, 9.17) is 4.74 Å². The molecule has 0 amide bonds. The Morgan fingerprint density at radius 1 is 1.28 bits per heavy atom. The first kappa shape index (κ1) is 12.6. The van der Waals surface area contributed by atoms with E-state index < -0.39 is 0 Å². The monoisotopic (exact) mass is 246 g/mol. The summed E-state index contributed by atoms with van der Waals surface area (Å²) in [6.45, 7) is 4.61. The molecule has 5 heteroatoms. The highest BCUT2D eigenvalue weighted by atomic mass is 16.5. The van der Waals surface area contributed by atoms with E-state index in [1.54, 1.807) is 4.68 Å². The van der Waals surface area contributed by atoms with E-state index in [0.29, 0.717) is 0 Å². The lowest BCUT2D eigenvalue weighted by atomic mass is 10.2. The molecule has 0 bridgehead atoms. The molecule has 0 spiro atoms. The lowest BCUT2D eigenvalue weighted by Crippen LogP contribution is -2.07. The Morgan fingerprint density at radius 2 is 2.06 bits per heavy atom. The van der Waals surface area contributed by atoms with Crippen LogP contribution in [0.1, 0.15) is 17.0 Å². The van der Waals surface area contributed by atoms with Crippen LogP contribution in [0, 0.1) is 13.8 Å². The van der Waals surface area contributed by atoms with Gasteiger partial charge in [0.1, 0.15) is 5.75 Å². The van der Waals surface area contributed by atoms with Crippen molar-refractivity contribution in [2.45, 2.75) is 20.4 Å². The van der Waals surface area contributed by atoms with Gasteiger partial charge >= 0.3 is 0 Å². The number of nitrogens with zero attached hydrogens (tertiary/aromatic N) is 3. The van der Waals surface area contributed by atoms with Gasteiger partial charge in [0.15, 0.2) is 0 Å². The number of hydrogen-bond donors (Lipinski definition) is 1. The summed E-state index contributed by atoms with van der Waals surface area (Å²) in [5.74, 6) is 1.55. The van der Waals surface area contributed by atoms with Crippen LogP contribution in [0.15, 0.2) is 18.3 Å². The van der Waals surface area contributed by atoms with Gasteiger partial charge in [0.05, 0.1) is 5.69 Å². The summed E-state index contributed by atoms with van der Waals surface area (Å²) in [7, 11) is 3.77. The predicted octanol–water partition coefficient (Wildman–Crippen LogP) is 1.94. The molecule has 0 unspecified atom stereocenters. The van der Waals surface area contributed by atoms with Crippen molar-refractivity contribution in [2.75, 3.05) is 7.05 Å². The van der Waals surface area contributed by atoms with Gasteiger partial charge in [-0.1, -0.05) is 0 Å². The van der Waals surface area contributed by atoms with Gasteiger partial charge in [-0.3, -0.25) is 4.98 Å². The molecule has 0 aliphatic heterocycles. The van der Waals surface area contributed by atoms with Crippen LogP contribution in [-0.4, -0.2) is 21.8 Å². The van der Waals surface area contributed by atoms with E-state index >= 15 is 0 Å². The normalized spacial score (nSPS) is 10.7. The molecule has 1 N–H and O–H groups in total. The van der Waals surface area contributed by atoms with Gasteiger partial charge in [-0.15, -0.1) is 0 Å². The number of rotatable bonds is 4. The predicted molar refractivity (Wildman–Crippen MR) is 69.8 cm³/mol. The highest BCUT2D eigenvalue weighted by Crippen LogP contribution is 2.25. The summed E-state index contributed by atoms with van der Waals surface area (Å²) in [5.41, 5.74) is 2.90. The van der Waals surface area contributed by atoms with E-state index in [1.807, 2.05) is 46.3 Å². The van der Waals surface area contributed by atoms with Crippen molar-refractivity contribution in [3.63, 3.8) is 0 Å². The first-order chi connectivity index (χ1) is 8.60. The molecule has 5 nitrogen and oxygen atoms in total. The van der Waals surface area contributed by atoms with Gasteiger partial charge < -0.3 is 10.1 Å². The highest BCUT2D eigenvalue weighted by Gasteiger charge is 2.09. The summed E-state index contributed by atoms with van der Waals surface area (Å²) >= 11 is 0. The van der Waals surface area contributed by atoms with Gasteiger partial charge in [0.2, 0.25) is 5.88 Å². The first-order valence-electron chi connectivity index (χ1n) is 5.88. The van der Waals surface area contributed by atoms with Gasteiger partial charge in [0.25, 0.3) is 0 Å². The number of aryl methyl sites for hydroxylation is 3. The first-order valence-corrected chi connectivity index (χ1v) is 5.88. The molecule has 0 aliphatic rings. The largest absolute Gasteiger partial charge is 0.439 e. The molecule has 0 atom stereocenters. The minimum Gasteiger partial charge on any atom is -0.439 e. The quantitative estimate of drug-likeness (QED) is 0.895. The zero-order valence-electron chi connectivity index (χ0n) is 11.2. The maximum Gasteiger partial charge on any atom is 0.217 e. The number of aromatic nitrogens is 3. The Labute approximate surface area is 107 Å². The summed E-state index contributed by atoms with van der Waals surface area (Å²) in [6.07, 6.45) is 1.84. The van der Waals surface area contributed by atoms with Gasteiger partial charge in [-0.25, -0.2) is 4.68 Å². The molecule has 0 saturated carbocycles. The van der Waals surface area contributed by atoms with Crippen molar-refractivity contribution in [1.29, 1.82) is 0 Å². The topological polar surface area (TPSA) is 52.0 Å². The third-order valence-electron chi connectivity index (χ3n) is 2.62. The third-order valence-corrected chi connectivity index (χ3v) is 2.62. The average molecular weight is 246 g/mol. The Kier molecular flexibility index (Phi) is 3.62. The van der Waals surface area contributed by atoms with Crippen molar-refractivity contribution in [3.8, 4) is 11.6 Å². The van der Waals surface area contributed by atoms with Crippen molar-refractivity contribution in [1.82, 2.24) is 20.1 Å². The molecular weight excluding hydrogens is 228 g/mol. The van der Waals surface area contributed by atoms with Crippen molar-refractivity contribution >= 4 is 0 Å². The molecule has 2 rings (SSSR count). The minimum atomic E-state index is 0.722. The van der Waals surface area contributed by atoms with Crippen LogP contribution in [0.3, 0.4) is 0 Å². The summed E-state index contributed by atoms with van der Waals surface area (Å²) in [6, 6.07) is 3.86. The van der Waals surface area contributed by atoms with Crippen molar-refractivity contribution in [2.24, 2.45) is 7.05 Å². The smallest absolute Gasteiger partial charge is 0.217 e. The fourth-order valence-corrected chi connectivity index (χ4v) is 1.78. The number of hydrogen-bond acceptors (Lipinski definition) is 4. The highest BCUT2D eigenvalue weighted by molar-refractivity contribution is 5.36. The second-order valence-corrected chi connectivity index (χ2v) is 4.31. The van der Waals surface area contributed by atoms with Crippen LogP contribution in [0.2, 0.25) is 0 Å². The molecule has 18 heavy (non-hydrogen) atoms. The zero-order valence-corrected chi connectivity index (χ0v) is 11.2. The van der Waals surface area contributed by atoms with E-state index in [9.17, 15) is 0 Å². The molecule has 2 aromatic rings. The molecule has 0 saturated heterocycles. The van der Waals surface area contributed by atoms with Crippen LogP contribution in [0.25, 0.3) is 0 Å².